The molecule has 30 heavy (non-hydrogen) atoms. The summed E-state index contributed by atoms with van der Waals surface area (Å²) >= 11 is 0. The lowest BCUT2D eigenvalue weighted by atomic mass is 9.40. The van der Waals surface area contributed by atoms with Gasteiger partial charge in [-0.3, -0.25) is 9.36 Å². The van der Waals surface area contributed by atoms with Gasteiger partial charge in [-0.25, -0.2) is 4.79 Å². The summed E-state index contributed by atoms with van der Waals surface area (Å²) in [7, 11) is 0. The molecule has 5 heteroatoms. The van der Waals surface area contributed by atoms with Crippen LogP contribution in [-0.2, 0) is 4.79 Å². The lowest BCUT2D eigenvalue weighted by molar-refractivity contribution is -0.180. The molecular weight excluding hydrogens is 374 g/mol. The molecule has 160 valence electrons. The molecule has 5 aliphatic rings. The second kappa shape index (κ2) is 6.02. The predicted octanol–water partition coefficient (Wildman–Crippen LogP) is 4.49. The Morgan fingerprint density at radius 2 is 1.67 bits per heavy atom. The van der Waals surface area contributed by atoms with Gasteiger partial charge in [0, 0.05) is 19.1 Å². The Bertz CT molecular complexity index is 1060. The minimum atomic E-state index is -0.118. The highest BCUT2D eigenvalue weighted by Crippen LogP contribution is 2.69. The normalized spacial score (nSPS) is 38.5. The van der Waals surface area contributed by atoms with Gasteiger partial charge >= 0.3 is 5.69 Å². The van der Waals surface area contributed by atoms with Crippen molar-refractivity contribution < 1.29 is 4.79 Å². The molecule has 1 amide bonds. The summed E-state index contributed by atoms with van der Waals surface area (Å²) in [5.41, 5.74) is 2.46. The van der Waals surface area contributed by atoms with Crippen LogP contribution in [0, 0.1) is 22.2 Å². The number of fused-ring (bicyclic) bond motifs is 1. The third-order valence-corrected chi connectivity index (χ3v) is 8.82. The first-order chi connectivity index (χ1) is 14.3. The van der Waals surface area contributed by atoms with Crippen molar-refractivity contribution in [2.45, 2.75) is 71.3 Å². The number of likely N-dealkylation sites (tertiary alicyclic amines) is 1. The van der Waals surface area contributed by atoms with Gasteiger partial charge in [-0.05, 0) is 80.2 Å². The highest BCUT2D eigenvalue weighted by molar-refractivity contribution is 5.83. The number of nitrogens with one attached hydrogen (secondary N) is 1. The largest absolute Gasteiger partial charge is 0.342 e. The number of H-pyrrole nitrogens is 1. The number of carbonyl (C=O) groups excluding carboxylic acids is 1. The van der Waals surface area contributed by atoms with Crippen LogP contribution in [-0.4, -0.2) is 33.4 Å². The van der Waals surface area contributed by atoms with Gasteiger partial charge in [0.1, 0.15) is 0 Å². The number of nitrogens with zero attached hydrogens (tertiary/aromatic N) is 2. The van der Waals surface area contributed by atoms with Gasteiger partial charge in [-0.15, -0.1) is 0 Å². The van der Waals surface area contributed by atoms with Crippen molar-refractivity contribution in [1.29, 1.82) is 0 Å². The van der Waals surface area contributed by atoms with Gasteiger partial charge in [-0.2, -0.15) is 0 Å². The summed E-state index contributed by atoms with van der Waals surface area (Å²) in [5, 5.41) is 0. The maximum absolute atomic E-state index is 13.9. The molecule has 4 saturated carbocycles. The number of rotatable bonds is 2. The molecule has 1 saturated heterocycles. The second-order valence-electron chi connectivity index (χ2n) is 11.8. The number of para-hydroxylation sites is 2. The molecule has 7 rings (SSSR count). The number of amides is 1. The van der Waals surface area contributed by atoms with E-state index in [1.807, 2.05) is 28.8 Å². The lowest BCUT2D eigenvalue weighted by Crippen LogP contribution is -2.61. The van der Waals surface area contributed by atoms with Crippen LogP contribution in [0.2, 0.25) is 0 Å². The molecule has 2 aromatic rings. The number of hydrogen-bond acceptors (Lipinski definition) is 2. The maximum Gasteiger partial charge on any atom is 0.326 e. The Kier molecular flexibility index (Phi) is 3.75. The van der Waals surface area contributed by atoms with Crippen molar-refractivity contribution in [3.05, 3.63) is 34.7 Å². The van der Waals surface area contributed by atoms with Crippen molar-refractivity contribution in [2.75, 3.05) is 13.1 Å². The quantitative estimate of drug-likeness (QED) is 0.797. The molecule has 1 aliphatic heterocycles. The average Bonchev–Trinajstić information content (AvgIpc) is 3.00. The van der Waals surface area contributed by atoms with Crippen LogP contribution in [0.1, 0.15) is 71.3 Å². The summed E-state index contributed by atoms with van der Waals surface area (Å²) in [6, 6.07) is 8.08. The zero-order valence-corrected chi connectivity index (χ0v) is 18.2. The SMILES string of the molecule is CC12CC3CC(C)(C1)CC(C(=O)N1CCC(n4c(=O)[nH]c5ccccc54)CC1)(C3)C2. The van der Waals surface area contributed by atoms with Crippen molar-refractivity contribution in [2.24, 2.45) is 22.2 Å². The molecule has 4 bridgehead atoms. The number of aromatic amines is 1. The fourth-order valence-corrected chi connectivity index (χ4v) is 8.79. The molecule has 1 aromatic carbocycles. The minimum Gasteiger partial charge on any atom is -0.342 e. The van der Waals surface area contributed by atoms with Crippen LogP contribution in [0.25, 0.3) is 11.0 Å². The molecule has 4 aliphatic carbocycles. The summed E-state index contributed by atoms with van der Waals surface area (Å²) in [6.45, 7) is 6.42. The number of piperidine rings is 1. The highest BCUT2D eigenvalue weighted by atomic mass is 16.2. The third kappa shape index (κ3) is 2.66. The van der Waals surface area contributed by atoms with E-state index in [2.05, 4.69) is 23.7 Å². The fraction of sp³-hybridized carbons (Fsp3) is 0.680. The zero-order chi connectivity index (χ0) is 20.7. The standard InChI is InChI=1S/C25H33N3O2/c1-23-11-17-12-24(2,14-23)16-25(13-17,15-23)21(29)27-9-7-18(8-10-27)28-20-6-4-3-5-19(20)26-22(28)30/h3-6,17-18H,7-16H2,1-2H3,(H,26,30). The molecule has 5 fully saturated rings. The Morgan fingerprint density at radius 1 is 1.00 bits per heavy atom. The Hall–Kier alpha value is -2.04. The van der Waals surface area contributed by atoms with Gasteiger partial charge < -0.3 is 9.88 Å². The van der Waals surface area contributed by atoms with Crippen LogP contribution >= 0.6 is 0 Å². The van der Waals surface area contributed by atoms with Crippen LogP contribution in [0.3, 0.4) is 0 Å². The van der Waals surface area contributed by atoms with Crippen LogP contribution in [0.4, 0.5) is 0 Å². The van der Waals surface area contributed by atoms with E-state index in [1.165, 1.54) is 19.3 Å². The molecule has 0 spiro atoms. The van der Waals surface area contributed by atoms with E-state index in [9.17, 15) is 9.59 Å². The van der Waals surface area contributed by atoms with Crippen molar-refractivity contribution >= 4 is 16.9 Å². The van der Waals surface area contributed by atoms with Gasteiger partial charge in [-0.1, -0.05) is 26.0 Å². The summed E-state index contributed by atoms with van der Waals surface area (Å²) in [6.07, 6.45) is 8.96. The first-order valence-electron chi connectivity index (χ1n) is 11.8. The molecule has 0 radical (unpaired) electrons. The summed E-state index contributed by atoms with van der Waals surface area (Å²) < 4.78 is 1.92. The minimum absolute atomic E-state index is 0.0251. The highest BCUT2D eigenvalue weighted by Gasteiger charge is 2.63. The van der Waals surface area contributed by atoms with E-state index < -0.39 is 0 Å². The topological polar surface area (TPSA) is 58.1 Å². The molecule has 2 unspecified atom stereocenters. The van der Waals surface area contributed by atoms with E-state index in [0.29, 0.717) is 16.7 Å². The monoisotopic (exact) mass is 407 g/mol. The Labute approximate surface area is 177 Å². The summed E-state index contributed by atoms with van der Waals surface area (Å²) in [4.78, 5) is 31.6. The Balaban J connectivity index is 1.22. The fourth-order valence-electron chi connectivity index (χ4n) is 8.79. The van der Waals surface area contributed by atoms with Gasteiger partial charge in [0.05, 0.1) is 16.4 Å². The van der Waals surface area contributed by atoms with Gasteiger partial charge in [0.2, 0.25) is 5.91 Å². The van der Waals surface area contributed by atoms with Crippen molar-refractivity contribution in [1.82, 2.24) is 14.5 Å². The molecule has 2 atom stereocenters. The number of benzene rings is 1. The van der Waals surface area contributed by atoms with E-state index >= 15 is 0 Å². The molecule has 5 nitrogen and oxygen atoms in total. The number of hydrogen-bond donors (Lipinski definition) is 1. The van der Waals surface area contributed by atoms with E-state index in [1.54, 1.807) is 0 Å². The third-order valence-electron chi connectivity index (χ3n) is 8.82. The molecule has 1 N–H and O–H groups in total. The van der Waals surface area contributed by atoms with Gasteiger partial charge in [0.15, 0.2) is 0 Å². The first kappa shape index (κ1) is 18.7. The smallest absolute Gasteiger partial charge is 0.326 e. The van der Waals surface area contributed by atoms with E-state index in [4.69, 9.17) is 0 Å². The number of imidazole rings is 1. The number of carbonyl (C=O) groups is 1. The van der Waals surface area contributed by atoms with E-state index in [-0.39, 0.29) is 17.1 Å². The van der Waals surface area contributed by atoms with Crippen molar-refractivity contribution in [3.8, 4) is 0 Å². The Morgan fingerprint density at radius 3 is 2.33 bits per heavy atom. The number of aromatic nitrogens is 2. The lowest BCUT2D eigenvalue weighted by Gasteiger charge is -2.65. The second-order valence-corrected chi connectivity index (χ2v) is 11.8. The van der Waals surface area contributed by atoms with Crippen molar-refractivity contribution in [3.63, 3.8) is 0 Å². The predicted molar refractivity (Wildman–Crippen MR) is 117 cm³/mol. The summed E-state index contributed by atoms with van der Waals surface area (Å²) in [5.74, 6) is 1.16. The van der Waals surface area contributed by atoms with Gasteiger partial charge in [0.25, 0.3) is 0 Å². The molecule has 1 aromatic heterocycles. The average molecular weight is 408 g/mol. The van der Waals surface area contributed by atoms with E-state index in [0.717, 1.165) is 62.1 Å². The van der Waals surface area contributed by atoms with Crippen LogP contribution < -0.4 is 5.69 Å². The van der Waals surface area contributed by atoms with Crippen LogP contribution in [0.15, 0.2) is 29.1 Å². The maximum atomic E-state index is 13.9. The molecule has 2 heterocycles. The van der Waals surface area contributed by atoms with Crippen LogP contribution in [0.5, 0.6) is 0 Å². The molecular formula is C25H33N3O2. The first-order valence-corrected chi connectivity index (χ1v) is 11.8. The zero-order valence-electron chi connectivity index (χ0n) is 18.2.